The summed E-state index contributed by atoms with van der Waals surface area (Å²) in [5.74, 6) is 0.462. The molecule has 0 saturated heterocycles. The Balaban J connectivity index is 2.32. The first-order valence-corrected chi connectivity index (χ1v) is 5.97. The van der Waals surface area contributed by atoms with Crippen molar-refractivity contribution in [2.75, 3.05) is 0 Å². The molecule has 96 valence electrons. The van der Waals surface area contributed by atoms with Crippen LogP contribution in [-0.4, -0.2) is 10.1 Å². The molecule has 0 aliphatic rings. The van der Waals surface area contributed by atoms with Crippen LogP contribution in [0.1, 0.15) is 37.3 Å². The van der Waals surface area contributed by atoms with Crippen LogP contribution in [0.5, 0.6) is 0 Å². The standard InChI is InChI=1S/C13H16FN3O/c1-3-4-11(15)13-16-12(17-18-13)10-7-9(14)6-5-8(10)2/h5-7,11H,3-4,15H2,1-2H3/t11-/m0/s1. The molecule has 0 saturated carbocycles. The summed E-state index contributed by atoms with van der Waals surface area (Å²) in [5, 5.41) is 3.86. The fourth-order valence-electron chi connectivity index (χ4n) is 1.76. The molecule has 0 bridgehead atoms. The number of rotatable bonds is 4. The lowest BCUT2D eigenvalue weighted by Gasteiger charge is -2.02. The second kappa shape index (κ2) is 5.27. The van der Waals surface area contributed by atoms with Gasteiger partial charge in [0, 0.05) is 5.56 Å². The Morgan fingerprint density at radius 2 is 2.22 bits per heavy atom. The van der Waals surface area contributed by atoms with Gasteiger partial charge in [0.1, 0.15) is 5.82 Å². The molecule has 5 heteroatoms. The van der Waals surface area contributed by atoms with E-state index in [0.717, 1.165) is 18.4 Å². The van der Waals surface area contributed by atoms with Crippen molar-refractivity contribution in [3.63, 3.8) is 0 Å². The summed E-state index contributed by atoms with van der Waals surface area (Å²) in [5.41, 5.74) is 7.42. The van der Waals surface area contributed by atoms with Crippen LogP contribution in [0.15, 0.2) is 22.7 Å². The summed E-state index contributed by atoms with van der Waals surface area (Å²) >= 11 is 0. The van der Waals surface area contributed by atoms with E-state index in [2.05, 4.69) is 10.1 Å². The van der Waals surface area contributed by atoms with E-state index >= 15 is 0 Å². The molecule has 0 fully saturated rings. The van der Waals surface area contributed by atoms with Gasteiger partial charge in [-0.2, -0.15) is 4.98 Å². The highest BCUT2D eigenvalue weighted by molar-refractivity contribution is 5.59. The highest BCUT2D eigenvalue weighted by atomic mass is 19.1. The predicted octanol–water partition coefficient (Wildman–Crippen LogP) is 2.98. The largest absolute Gasteiger partial charge is 0.337 e. The zero-order valence-corrected chi connectivity index (χ0v) is 10.5. The SMILES string of the molecule is CCC[C@H](N)c1nc(-c2cc(F)ccc2C)no1. The van der Waals surface area contributed by atoms with E-state index in [4.69, 9.17) is 10.3 Å². The lowest BCUT2D eigenvalue weighted by Crippen LogP contribution is -2.09. The van der Waals surface area contributed by atoms with E-state index < -0.39 is 0 Å². The monoisotopic (exact) mass is 249 g/mol. The van der Waals surface area contributed by atoms with Crippen LogP contribution in [0, 0.1) is 12.7 Å². The van der Waals surface area contributed by atoms with E-state index in [9.17, 15) is 4.39 Å². The zero-order valence-electron chi connectivity index (χ0n) is 10.5. The van der Waals surface area contributed by atoms with Gasteiger partial charge in [-0.15, -0.1) is 0 Å². The molecule has 0 amide bonds. The highest BCUT2D eigenvalue weighted by Crippen LogP contribution is 2.23. The first-order chi connectivity index (χ1) is 8.61. The van der Waals surface area contributed by atoms with E-state index in [1.54, 1.807) is 6.07 Å². The van der Waals surface area contributed by atoms with Crippen LogP contribution in [0.3, 0.4) is 0 Å². The summed E-state index contributed by atoms with van der Waals surface area (Å²) in [6.45, 7) is 3.91. The molecule has 0 unspecified atom stereocenters. The summed E-state index contributed by atoms with van der Waals surface area (Å²) < 4.78 is 18.3. The fourth-order valence-corrected chi connectivity index (χ4v) is 1.76. The van der Waals surface area contributed by atoms with Crippen LogP contribution < -0.4 is 5.73 Å². The van der Waals surface area contributed by atoms with Crippen molar-refractivity contribution < 1.29 is 8.91 Å². The van der Waals surface area contributed by atoms with Gasteiger partial charge in [0.05, 0.1) is 6.04 Å². The molecule has 2 aromatic rings. The van der Waals surface area contributed by atoms with Crippen LogP contribution in [0.2, 0.25) is 0 Å². The molecule has 18 heavy (non-hydrogen) atoms. The molecule has 0 aliphatic heterocycles. The lowest BCUT2D eigenvalue weighted by molar-refractivity contribution is 0.348. The Bertz CT molecular complexity index is 539. The van der Waals surface area contributed by atoms with Crippen molar-refractivity contribution in [2.24, 2.45) is 5.73 Å². The van der Waals surface area contributed by atoms with Gasteiger partial charge in [0.15, 0.2) is 0 Å². The smallest absolute Gasteiger partial charge is 0.243 e. The van der Waals surface area contributed by atoms with Crippen molar-refractivity contribution >= 4 is 0 Å². The fraction of sp³-hybridized carbons (Fsp3) is 0.385. The number of halogens is 1. The van der Waals surface area contributed by atoms with Crippen molar-refractivity contribution in [1.82, 2.24) is 10.1 Å². The number of nitrogens with two attached hydrogens (primary N) is 1. The molecule has 0 aliphatic carbocycles. The third-order valence-electron chi connectivity index (χ3n) is 2.80. The lowest BCUT2D eigenvalue weighted by atomic mass is 10.1. The molecule has 4 nitrogen and oxygen atoms in total. The molecule has 1 heterocycles. The average molecular weight is 249 g/mol. The van der Waals surface area contributed by atoms with Crippen LogP contribution in [-0.2, 0) is 0 Å². The second-order valence-electron chi connectivity index (χ2n) is 4.31. The normalized spacial score (nSPS) is 12.7. The molecule has 2 N–H and O–H groups in total. The predicted molar refractivity (Wildman–Crippen MR) is 66.3 cm³/mol. The average Bonchev–Trinajstić information content (AvgIpc) is 2.82. The quantitative estimate of drug-likeness (QED) is 0.904. The Labute approximate surface area is 105 Å². The summed E-state index contributed by atoms with van der Waals surface area (Å²) in [6, 6.07) is 4.23. The minimum atomic E-state index is -0.320. The maximum Gasteiger partial charge on any atom is 0.243 e. The molecule has 1 aromatic carbocycles. The highest BCUT2D eigenvalue weighted by Gasteiger charge is 2.16. The van der Waals surface area contributed by atoms with E-state index in [1.807, 2.05) is 13.8 Å². The van der Waals surface area contributed by atoms with E-state index in [1.165, 1.54) is 12.1 Å². The second-order valence-corrected chi connectivity index (χ2v) is 4.31. The van der Waals surface area contributed by atoms with Crippen molar-refractivity contribution in [3.05, 3.63) is 35.5 Å². The molecule has 2 rings (SSSR count). The number of aromatic nitrogens is 2. The first-order valence-electron chi connectivity index (χ1n) is 5.97. The summed E-state index contributed by atoms with van der Waals surface area (Å²) in [7, 11) is 0. The third-order valence-corrected chi connectivity index (χ3v) is 2.80. The van der Waals surface area contributed by atoms with Crippen molar-refractivity contribution in [1.29, 1.82) is 0 Å². The summed E-state index contributed by atoms with van der Waals surface area (Å²) in [6.07, 6.45) is 1.72. The van der Waals surface area contributed by atoms with Gasteiger partial charge < -0.3 is 10.3 Å². The number of hydrogen-bond donors (Lipinski definition) is 1. The minimum Gasteiger partial charge on any atom is -0.337 e. The molecule has 0 radical (unpaired) electrons. The summed E-state index contributed by atoms with van der Waals surface area (Å²) in [4.78, 5) is 4.23. The number of nitrogens with zero attached hydrogens (tertiary/aromatic N) is 2. The van der Waals surface area contributed by atoms with Crippen molar-refractivity contribution in [2.45, 2.75) is 32.7 Å². The van der Waals surface area contributed by atoms with Gasteiger partial charge >= 0.3 is 0 Å². The molecular formula is C13H16FN3O. The van der Waals surface area contributed by atoms with E-state index in [-0.39, 0.29) is 11.9 Å². The molecule has 1 aromatic heterocycles. The minimum absolute atomic E-state index is 0.259. The van der Waals surface area contributed by atoms with Crippen molar-refractivity contribution in [3.8, 4) is 11.4 Å². The van der Waals surface area contributed by atoms with Gasteiger partial charge in [0.25, 0.3) is 0 Å². The molecule has 1 atom stereocenters. The third kappa shape index (κ3) is 2.56. The van der Waals surface area contributed by atoms with Gasteiger partial charge in [-0.05, 0) is 31.0 Å². The van der Waals surface area contributed by atoms with E-state index in [0.29, 0.717) is 17.3 Å². The number of aryl methyl sites for hydroxylation is 1. The van der Waals surface area contributed by atoms with Gasteiger partial charge in [-0.25, -0.2) is 4.39 Å². The Hall–Kier alpha value is -1.75. The zero-order chi connectivity index (χ0) is 13.1. The van der Waals surface area contributed by atoms with Gasteiger partial charge in [0.2, 0.25) is 11.7 Å². The maximum atomic E-state index is 13.2. The topological polar surface area (TPSA) is 64.9 Å². The first kappa shape index (κ1) is 12.7. The maximum absolute atomic E-state index is 13.2. The van der Waals surface area contributed by atoms with Crippen LogP contribution in [0.4, 0.5) is 4.39 Å². The Morgan fingerprint density at radius 3 is 2.94 bits per heavy atom. The van der Waals surface area contributed by atoms with Gasteiger partial charge in [-0.1, -0.05) is 24.6 Å². The molecule has 0 spiro atoms. The number of hydrogen-bond acceptors (Lipinski definition) is 4. The van der Waals surface area contributed by atoms with Crippen LogP contribution in [0.25, 0.3) is 11.4 Å². The Kier molecular flexibility index (Phi) is 3.72. The number of benzene rings is 1. The Morgan fingerprint density at radius 1 is 1.44 bits per heavy atom. The van der Waals surface area contributed by atoms with Gasteiger partial charge in [-0.3, -0.25) is 0 Å². The van der Waals surface area contributed by atoms with Crippen LogP contribution >= 0.6 is 0 Å². The molecular weight excluding hydrogens is 233 g/mol.